The average Bonchev–Trinajstić information content (AvgIpc) is 2.36. The number of hydrogen-bond acceptors (Lipinski definition) is 4. The van der Waals surface area contributed by atoms with Crippen molar-refractivity contribution in [3.63, 3.8) is 0 Å². The van der Waals surface area contributed by atoms with E-state index in [0.717, 1.165) is 12.1 Å². The number of likely N-dealkylation sites (N-methyl/N-ethyl adjacent to an activating group) is 1. The van der Waals surface area contributed by atoms with Crippen LogP contribution in [0.1, 0.15) is 5.56 Å². The van der Waals surface area contributed by atoms with Crippen molar-refractivity contribution < 1.29 is 14.3 Å². The summed E-state index contributed by atoms with van der Waals surface area (Å²) in [5, 5.41) is 3.06. The molecule has 0 aromatic heterocycles. The van der Waals surface area contributed by atoms with Crippen molar-refractivity contribution in [2.24, 2.45) is 0 Å². The molecule has 18 heavy (non-hydrogen) atoms. The van der Waals surface area contributed by atoms with E-state index < -0.39 is 0 Å². The van der Waals surface area contributed by atoms with Gasteiger partial charge in [-0.25, -0.2) is 0 Å². The molecule has 1 aromatic rings. The zero-order valence-corrected chi connectivity index (χ0v) is 11.3. The van der Waals surface area contributed by atoms with E-state index in [1.807, 2.05) is 25.2 Å². The zero-order chi connectivity index (χ0) is 13.5. The van der Waals surface area contributed by atoms with E-state index in [9.17, 15) is 4.79 Å². The number of carbonyl (C=O) groups is 1. The van der Waals surface area contributed by atoms with Crippen molar-refractivity contribution in [3.8, 4) is 11.5 Å². The number of rotatable bonds is 6. The molecular formula is C13H20N2O3. The van der Waals surface area contributed by atoms with Crippen molar-refractivity contribution in [1.82, 2.24) is 10.2 Å². The van der Waals surface area contributed by atoms with E-state index in [1.54, 1.807) is 21.2 Å². The van der Waals surface area contributed by atoms with Gasteiger partial charge in [0.1, 0.15) is 0 Å². The molecule has 0 aliphatic rings. The molecule has 0 bridgehead atoms. The number of amides is 1. The van der Waals surface area contributed by atoms with Crippen molar-refractivity contribution in [2.75, 3.05) is 34.9 Å². The summed E-state index contributed by atoms with van der Waals surface area (Å²) < 4.78 is 10.7. The maximum Gasteiger partial charge on any atom is 0.259 e. The largest absolute Gasteiger partial charge is 0.493 e. The van der Waals surface area contributed by atoms with Crippen LogP contribution >= 0.6 is 0 Å². The summed E-state index contributed by atoms with van der Waals surface area (Å²) in [5.74, 6) is 1.12. The molecule has 0 aliphatic carbocycles. The third-order valence-corrected chi connectivity index (χ3v) is 2.46. The van der Waals surface area contributed by atoms with E-state index in [-0.39, 0.29) is 12.5 Å². The Kier molecular flexibility index (Phi) is 5.45. The molecule has 5 nitrogen and oxygen atoms in total. The Morgan fingerprint density at radius 3 is 2.61 bits per heavy atom. The van der Waals surface area contributed by atoms with Gasteiger partial charge in [-0.05, 0) is 24.7 Å². The predicted octanol–water partition coefficient (Wildman–Crippen LogP) is 0.882. The second-order valence-electron chi connectivity index (χ2n) is 4.09. The lowest BCUT2D eigenvalue weighted by molar-refractivity contribution is -0.130. The quantitative estimate of drug-likeness (QED) is 0.816. The van der Waals surface area contributed by atoms with E-state index in [1.165, 1.54) is 4.90 Å². The molecule has 0 aliphatic heterocycles. The maximum absolute atomic E-state index is 11.5. The Morgan fingerprint density at radius 1 is 1.33 bits per heavy atom. The number of benzene rings is 1. The molecule has 0 heterocycles. The molecule has 1 aromatic carbocycles. The van der Waals surface area contributed by atoms with Gasteiger partial charge in [-0.15, -0.1) is 0 Å². The van der Waals surface area contributed by atoms with Crippen LogP contribution in [0.15, 0.2) is 18.2 Å². The van der Waals surface area contributed by atoms with Crippen molar-refractivity contribution >= 4 is 5.91 Å². The van der Waals surface area contributed by atoms with Gasteiger partial charge in [0, 0.05) is 20.6 Å². The lowest BCUT2D eigenvalue weighted by Gasteiger charge is -2.14. The number of carbonyl (C=O) groups excluding carboxylic acids is 1. The number of hydrogen-bond donors (Lipinski definition) is 1. The first-order chi connectivity index (χ1) is 8.58. The molecule has 0 saturated heterocycles. The highest BCUT2D eigenvalue weighted by atomic mass is 16.5. The molecule has 1 amide bonds. The Morgan fingerprint density at radius 2 is 2.06 bits per heavy atom. The maximum atomic E-state index is 11.5. The molecule has 1 N–H and O–H groups in total. The molecular weight excluding hydrogens is 232 g/mol. The van der Waals surface area contributed by atoms with E-state index in [2.05, 4.69) is 5.32 Å². The minimum atomic E-state index is -0.0870. The van der Waals surface area contributed by atoms with Crippen molar-refractivity contribution in [1.29, 1.82) is 0 Å². The summed E-state index contributed by atoms with van der Waals surface area (Å²) in [7, 11) is 6.84. The van der Waals surface area contributed by atoms with Crippen LogP contribution in [0, 0.1) is 0 Å². The van der Waals surface area contributed by atoms with Crippen LogP contribution in [-0.2, 0) is 11.3 Å². The van der Waals surface area contributed by atoms with Gasteiger partial charge in [0.05, 0.1) is 7.11 Å². The molecule has 0 unspecified atom stereocenters. The lowest BCUT2D eigenvalue weighted by Crippen LogP contribution is -2.27. The molecule has 100 valence electrons. The highest BCUT2D eigenvalue weighted by molar-refractivity contribution is 5.77. The average molecular weight is 252 g/mol. The smallest absolute Gasteiger partial charge is 0.259 e. The number of nitrogens with one attached hydrogen (secondary N) is 1. The molecule has 0 spiro atoms. The SMILES string of the molecule is CNCc1ccc(OC)c(OCC(=O)N(C)C)c1. The fraction of sp³-hybridized carbons (Fsp3) is 0.462. The van der Waals surface area contributed by atoms with Crippen LogP contribution in [0.2, 0.25) is 0 Å². The Hall–Kier alpha value is -1.75. The van der Waals surface area contributed by atoms with Gasteiger partial charge < -0.3 is 19.7 Å². The summed E-state index contributed by atoms with van der Waals surface area (Å²) in [6, 6.07) is 5.66. The number of nitrogens with zero attached hydrogens (tertiary/aromatic N) is 1. The van der Waals surface area contributed by atoms with Gasteiger partial charge in [-0.2, -0.15) is 0 Å². The molecule has 0 atom stereocenters. The first-order valence-corrected chi connectivity index (χ1v) is 5.73. The fourth-order valence-corrected chi connectivity index (χ4v) is 1.42. The van der Waals surface area contributed by atoms with Gasteiger partial charge in [-0.1, -0.05) is 6.07 Å². The monoisotopic (exact) mass is 252 g/mol. The number of methoxy groups -OCH3 is 1. The van der Waals surface area contributed by atoms with Gasteiger partial charge in [0.25, 0.3) is 5.91 Å². The normalized spacial score (nSPS) is 10.0. The Labute approximate surface area is 108 Å². The predicted molar refractivity (Wildman–Crippen MR) is 69.9 cm³/mol. The minimum Gasteiger partial charge on any atom is -0.493 e. The van der Waals surface area contributed by atoms with E-state index in [4.69, 9.17) is 9.47 Å². The van der Waals surface area contributed by atoms with Crippen LogP contribution in [0.3, 0.4) is 0 Å². The van der Waals surface area contributed by atoms with E-state index >= 15 is 0 Å². The minimum absolute atomic E-state index is 0.00632. The van der Waals surface area contributed by atoms with Crippen LogP contribution in [0.4, 0.5) is 0 Å². The first kappa shape index (κ1) is 14.3. The molecule has 0 saturated carbocycles. The van der Waals surface area contributed by atoms with Crippen LogP contribution in [0.25, 0.3) is 0 Å². The van der Waals surface area contributed by atoms with Gasteiger partial charge in [0.2, 0.25) is 0 Å². The van der Waals surface area contributed by atoms with E-state index in [0.29, 0.717) is 11.5 Å². The second-order valence-corrected chi connectivity index (χ2v) is 4.09. The summed E-state index contributed by atoms with van der Waals surface area (Å²) in [6.45, 7) is 0.744. The van der Waals surface area contributed by atoms with Crippen LogP contribution in [-0.4, -0.2) is 45.7 Å². The summed E-state index contributed by atoms with van der Waals surface area (Å²) in [5.41, 5.74) is 1.07. The summed E-state index contributed by atoms with van der Waals surface area (Å²) in [6.07, 6.45) is 0. The molecule has 0 fully saturated rings. The second kappa shape index (κ2) is 6.86. The summed E-state index contributed by atoms with van der Waals surface area (Å²) in [4.78, 5) is 13.0. The van der Waals surface area contributed by atoms with Crippen LogP contribution < -0.4 is 14.8 Å². The van der Waals surface area contributed by atoms with Gasteiger partial charge in [-0.3, -0.25) is 4.79 Å². The van der Waals surface area contributed by atoms with Crippen molar-refractivity contribution in [2.45, 2.75) is 6.54 Å². The standard InChI is InChI=1S/C13H20N2O3/c1-14-8-10-5-6-11(17-4)12(7-10)18-9-13(16)15(2)3/h5-7,14H,8-9H2,1-4H3. The third-order valence-electron chi connectivity index (χ3n) is 2.46. The first-order valence-electron chi connectivity index (χ1n) is 5.73. The van der Waals surface area contributed by atoms with Crippen molar-refractivity contribution in [3.05, 3.63) is 23.8 Å². The fourth-order valence-electron chi connectivity index (χ4n) is 1.42. The highest BCUT2D eigenvalue weighted by Crippen LogP contribution is 2.28. The van der Waals surface area contributed by atoms with Gasteiger partial charge in [0.15, 0.2) is 18.1 Å². The molecule has 1 rings (SSSR count). The topological polar surface area (TPSA) is 50.8 Å². The lowest BCUT2D eigenvalue weighted by atomic mass is 10.2. The molecule has 5 heteroatoms. The van der Waals surface area contributed by atoms with Crippen LogP contribution in [0.5, 0.6) is 11.5 Å². The Bertz CT molecular complexity index is 405. The highest BCUT2D eigenvalue weighted by Gasteiger charge is 2.09. The zero-order valence-electron chi connectivity index (χ0n) is 11.3. The van der Waals surface area contributed by atoms with Gasteiger partial charge >= 0.3 is 0 Å². The Balaban J connectivity index is 2.78. The third kappa shape index (κ3) is 3.92. The summed E-state index contributed by atoms with van der Waals surface area (Å²) >= 11 is 0. The number of ether oxygens (including phenoxy) is 2. The molecule has 0 radical (unpaired) electrons.